The third kappa shape index (κ3) is 3.89. The third-order valence-electron chi connectivity index (χ3n) is 2.65. The van der Waals surface area contributed by atoms with E-state index in [0.717, 1.165) is 16.9 Å². The number of rotatable bonds is 5. The van der Waals surface area contributed by atoms with Crippen LogP contribution in [0, 0.1) is 0 Å². The first-order chi connectivity index (χ1) is 9.70. The third-order valence-corrected chi connectivity index (χ3v) is 3.35. The van der Waals surface area contributed by atoms with Gasteiger partial charge in [-0.15, -0.1) is 0 Å². The van der Waals surface area contributed by atoms with Crippen LogP contribution in [0.4, 0.5) is 0 Å². The highest BCUT2D eigenvalue weighted by molar-refractivity contribution is 6.35. The van der Waals surface area contributed by atoms with Crippen molar-refractivity contribution in [2.24, 2.45) is 5.10 Å². The second-order valence-corrected chi connectivity index (χ2v) is 4.86. The monoisotopic (exact) mass is 308 g/mol. The van der Waals surface area contributed by atoms with Crippen molar-refractivity contribution in [1.82, 2.24) is 5.43 Å². The molecule has 2 aromatic carbocycles. The van der Waals surface area contributed by atoms with E-state index >= 15 is 0 Å². The summed E-state index contributed by atoms with van der Waals surface area (Å²) in [6.45, 7) is 0.325. The van der Waals surface area contributed by atoms with Gasteiger partial charge in [-0.25, -0.2) is 0 Å². The zero-order valence-electron chi connectivity index (χ0n) is 10.9. The predicted octanol–water partition coefficient (Wildman–Crippen LogP) is 4.13. The number of hydrogen-bond acceptors (Lipinski definition) is 3. The first kappa shape index (κ1) is 14.7. The van der Waals surface area contributed by atoms with Crippen LogP contribution < -0.4 is 10.2 Å². The van der Waals surface area contributed by atoms with E-state index in [4.69, 9.17) is 27.9 Å². The Bertz CT molecular complexity index is 594. The van der Waals surface area contributed by atoms with E-state index in [1.807, 2.05) is 30.3 Å². The summed E-state index contributed by atoms with van der Waals surface area (Å²) in [5.41, 5.74) is 4.43. The Labute approximate surface area is 128 Å². The molecule has 104 valence electrons. The van der Waals surface area contributed by atoms with Crippen molar-refractivity contribution in [2.45, 2.75) is 6.61 Å². The lowest BCUT2D eigenvalue weighted by Crippen LogP contribution is -1.98. The summed E-state index contributed by atoms with van der Waals surface area (Å²) in [6.07, 6.45) is 1.72. The molecule has 5 heteroatoms. The molecule has 0 aliphatic rings. The minimum absolute atomic E-state index is 0.325. The zero-order valence-corrected chi connectivity index (χ0v) is 12.4. The van der Waals surface area contributed by atoms with Crippen LogP contribution in [0.5, 0.6) is 5.75 Å². The van der Waals surface area contributed by atoms with Gasteiger partial charge in [-0.3, -0.25) is 0 Å². The SMILES string of the molecule is CN/N=C/c1cccc(OCc2c(Cl)cccc2Cl)c1. The van der Waals surface area contributed by atoms with E-state index in [1.54, 1.807) is 25.4 Å². The van der Waals surface area contributed by atoms with Gasteiger partial charge in [0.2, 0.25) is 0 Å². The van der Waals surface area contributed by atoms with E-state index in [2.05, 4.69) is 10.5 Å². The van der Waals surface area contributed by atoms with Crippen LogP contribution in [0.1, 0.15) is 11.1 Å². The summed E-state index contributed by atoms with van der Waals surface area (Å²) in [4.78, 5) is 0. The highest BCUT2D eigenvalue weighted by Gasteiger charge is 2.06. The van der Waals surface area contributed by atoms with Crippen LogP contribution in [-0.4, -0.2) is 13.3 Å². The van der Waals surface area contributed by atoms with Gasteiger partial charge in [-0.05, 0) is 29.8 Å². The van der Waals surface area contributed by atoms with Crippen molar-refractivity contribution < 1.29 is 4.74 Å². The fourth-order valence-electron chi connectivity index (χ4n) is 1.65. The second kappa shape index (κ2) is 7.17. The number of ether oxygens (including phenoxy) is 1. The van der Waals surface area contributed by atoms with Crippen molar-refractivity contribution in [3.05, 3.63) is 63.6 Å². The second-order valence-electron chi connectivity index (χ2n) is 4.04. The lowest BCUT2D eigenvalue weighted by atomic mass is 10.2. The molecule has 0 atom stereocenters. The average Bonchev–Trinajstić information content (AvgIpc) is 2.45. The Morgan fingerprint density at radius 3 is 2.55 bits per heavy atom. The predicted molar refractivity (Wildman–Crippen MR) is 83.9 cm³/mol. The van der Waals surface area contributed by atoms with Crippen molar-refractivity contribution in [1.29, 1.82) is 0 Å². The van der Waals surface area contributed by atoms with Crippen LogP contribution in [0.15, 0.2) is 47.6 Å². The van der Waals surface area contributed by atoms with E-state index in [-0.39, 0.29) is 0 Å². The van der Waals surface area contributed by atoms with E-state index in [9.17, 15) is 0 Å². The van der Waals surface area contributed by atoms with E-state index < -0.39 is 0 Å². The number of halogens is 2. The van der Waals surface area contributed by atoms with Gasteiger partial charge < -0.3 is 10.2 Å². The molecule has 0 saturated carbocycles. The molecule has 0 spiro atoms. The highest BCUT2D eigenvalue weighted by Crippen LogP contribution is 2.25. The smallest absolute Gasteiger partial charge is 0.120 e. The van der Waals surface area contributed by atoms with E-state index in [1.165, 1.54) is 0 Å². The summed E-state index contributed by atoms with van der Waals surface area (Å²) in [7, 11) is 1.75. The molecule has 20 heavy (non-hydrogen) atoms. The van der Waals surface area contributed by atoms with Gasteiger partial charge in [0.05, 0.1) is 6.21 Å². The topological polar surface area (TPSA) is 33.6 Å². The first-order valence-corrected chi connectivity index (χ1v) is 6.82. The molecule has 0 heterocycles. The fourth-order valence-corrected chi connectivity index (χ4v) is 2.16. The molecule has 0 unspecified atom stereocenters. The maximum absolute atomic E-state index is 6.10. The Hall–Kier alpha value is -1.71. The molecule has 0 radical (unpaired) electrons. The van der Waals surface area contributed by atoms with Crippen molar-refractivity contribution in [3.63, 3.8) is 0 Å². The standard InChI is InChI=1S/C15H14Cl2N2O/c1-18-19-9-11-4-2-5-12(8-11)20-10-13-14(16)6-3-7-15(13)17/h2-9,18H,10H2,1H3/b19-9+. The molecule has 2 rings (SSSR count). The van der Waals surface area contributed by atoms with Crippen molar-refractivity contribution in [3.8, 4) is 5.75 Å². The fraction of sp³-hybridized carbons (Fsp3) is 0.133. The Kier molecular flexibility index (Phi) is 5.27. The Morgan fingerprint density at radius 2 is 1.85 bits per heavy atom. The maximum atomic E-state index is 6.10. The van der Waals surface area contributed by atoms with Crippen LogP contribution in [0.3, 0.4) is 0 Å². The summed E-state index contributed by atoms with van der Waals surface area (Å²) in [6, 6.07) is 13.0. The average molecular weight is 309 g/mol. The highest BCUT2D eigenvalue weighted by atomic mass is 35.5. The van der Waals surface area contributed by atoms with Gasteiger partial charge in [0.15, 0.2) is 0 Å². The Morgan fingerprint density at radius 1 is 1.15 bits per heavy atom. The van der Waals surface area contributed by atoms with Crippen molar-refractivity contribution in [2.75, 3.05) is 7.05 Å². The maximum Gasteiger partial charge on any atom is 0.120 e. The van der Waals surface area contributed by atoms with Crippen LogP contribution >= 0.6 is 23.2 Å². The van der Waals surface area contributed by atoms with E-state index in [0.29, 0.717) is 16.7 Å². The molecule has 0 aliphatic heterocycles. The van der Waals surface area contributed by atoms with Gasteiger partial charge in [0, 0.05) is 22.7 Å². The van der Waals surface area contributed by atoms with Gasteiger partial charge >= 0.3 is 0 Å². The number of nitrogens with one attached hydrogen (secondary N) is 1. The lowest BCUT2D eigenvalue weighted by Gasteiger charge is -2.09. The molecule has 0 aromatic heterocycles. The molecule has 0 amide bonds. The summed E-state index contributed by atoms with van der Waals surface area (Å²) < 4.78 is 5.72. The normalized spacial score (nSPS) is 10.8. The molecular formula is C15H14Cl2N2O. The van der Waals surface area contributed by atoms with Gasteiger partial charge in [-0.2, -0.15) is 5.10 Å². The minimum atomic E-state index is 0.325. The molecular weight excluding hydrogens is 295 g/mol. The van der Waals surface area contributed by atoms with Gasteiger partial charge in [0.1, 0.15) is 12.4 Å². The molecule has 1 N–H and O–H groups in total. The minimum Gasteiger partial charge on any atom is -0.489 e. The van der Waals surface area contributed by atoms with Crippen LogP contribution in [0.25, 0.3) is 0 Å². The summed E-state index contributed by atoms with van der Waals surface area (Å²) in [5, 5.41) is 5.16. The molecule has 2 aromatic rings. The van der Waals surface area contributed by atoms with Crippen molar-refractivity contribution >= 4 is 29.4 Å². The number of hydrazone groups is 1. The molecule has 0 bridgehead atoms. The summed E-state index contributed by atoms with van der Waals surface area (Å²) in [5.74, 6) is 0.737. The molecule has 0 saturated heterocycles. The largest absolute Gasteiger partial charge is 0.489 e. The number of nitrogens with zero attached hydrogens (tertiary/aromatic N) is 1. The van der Waals surface area contributed by atoms with Gasteiger partial charge in [0.25, 0.3) is 0 Å². The molecule has 0 fully saturated rings. The zero-order chi connectivity index (χ0) is 14.4. The molecule has 0 aliphatic carbocycles. The lowest BCUT2D eigenvalue weighted by molar-refractivity contribution is 0.306. The molecule has 3 nitrogen and oxygen atoms in total. The number of hydrogen-bond donors (Lipinski definition) is 1. The summed E-state index contributed by atoms with van der Waals surface area (Å²) >= 11 is 12.2. The quantitative estimate of drug-likeness (QED) is 0.665. The Balaban J connectivity index is 2.09. The number of benzene rings is 2. The van der Waals surface area contributed by atoms with Crippen LogP contribution in [-0.2, 0) is 6.61 Å². The van der Waals surface area contributed by atoms with Crippen LogP contribution in [0.2, 0.25) is 10.0 Å². The van der Waals surface area contributed by atoms with Gasteiger partial charge in [-0.1, -0.05) is 41.4 Å². The first-order valence-electron chi connectivity index (χ1n) is 6.06.